The smallest absolute Gasteiger partial charge is 0.0903 e. The minimum atomic E-state index is -0.688. The van der Waals surface area contributed by atoms with Crippen LogP contribution >= 0.6 is 0 Å². The van der Waals surface area contributed by atoms with Crippen LogP contribution in [0.4, 0.5) is 0 Å². The SMILES string of the molecule is CC(C)C1CCCC(O)(c2cccc3ncccc23)CC1. The van der Waals surface area contributed by atoms with E-state index in [4.69, 9.17) is 0 Å². The summed E-state index contributed by atoms with van der Waals surface area (Å²) >= 11 is 0. The zero-order valence-electron chi connectivity index (χ0n) is 13.0. The van der Waals surface area contributed by atoms with Gasteiger partial charge in [-0.3, -0.25) is 4.98 Å². The molecule has 3 rings (SSSR count). The molecule has 0 bridgehead atoms. The van der Waals surface area contributed by atoms with E-state index in [2.05, 4.69) is 31.0 Å². The Morgan fingerprint density at radius 2 is 2.00 bits per heavy atom. The predicted octanol–water partition coefficient (Wildman–Crippen LogP) is 4.66. The van der Waals surface area contributed by atoms with Gasteiger partial charge in [-0.15, -0.1) is 0 Å². The van der Waals surface area contributed by atoms with Crippen LogP contribution in [0.25, 0.3) is 10.9 Å². The molecule has 2 nitrogen and oxygen atoms in total. The lowest BCUT2D eigenvalue weighted by molar-refractivity contribution is 0.0205. The number of rotatable bonds is 2. The summed E-state index contributed by atoms with van der Waals surface area (Å²) < 4.78 is 0. The fraction of sp³-hybridized carbons (Fsp3) is 0.526. The van der Waals surface area contributed by atoms with Gasteiger partial charge in [0.15, 0.2) is 0 Å². The molecule has 2 aromatic rings. The fourth-order valence-corrected chi connectivity index (χ4v) is 3.80. The molecule has 1 aliphatic rings. The molecule has 1 aliphatic carbocycles. The molecule has 2 unspecified atom stereocenters. The van der Waals surface area contributed by atoms with E-state index in [0.29, 0.717) is 5.92 Å². The molecule has 0 radical (unpaired) electrons. The van der Waals surface area contributed by atoms with Crippen molar-refractivity contribution >= 4 is 10.9 Å². The van der Waals surface area contributed by atoms with Gasteiger partial charge in [-0.1, -0.05) is 38.5 Å². The first kappa shape index (κ1) is 14.5. The molecule has 21 heavy (non-hydrogen) atoms. The topological polar surface area (TPSA) is 33.1 Å². The van der Waals surface area contributed by atoms with Gasteiger partial charge >= 0.3 is 0 Å². The van der Waals surface area contributed by atoms with Crippen molar-refractivity contribution in [1.29, 1.82) is 0 Å². The first-order valence-corrected chi connectivity index (χ1v) is 8.17. The molecule has 1 fully saturated rings. The first-order chi connectivity index (χ1) is 10.1. The summed E-state index contributed by atoms with van der Waals surface area (Å²) in [6.07, 6.45) is 7.01. The lowest BCUT2D eigenvalue weighted by Crippen LogP contribution is -2.25. The molecule has 1 aromatic heterocycles. The summed E-state index contributed by atoms with van der Waals surface area (Å²) in [5, 5.41) is 12.4. The third-order valence-corrected chi connectivity index (χ3v) is 5.18. The first-order valence-electron chi connectivity index (χ1n) is 8.17. The highest BCUT2D eigenvalue weighted by Gasteiger charge is 2.34. The zero-order valence-corrected chi connectivity index (χ0v) is 13.0. The molecule has 0 aliphatic heterocycles. The third kappa shape index (κ3) is 2.82. The summed E-state index contributed by atoms with van der Waals surface area (Å²) in [5.74, 6) is 1.45. The minimum Gasteiger partial charge on any atom is -0.385 e. The highest BCUT2D eigenvalue weighted by Crippen LogP contribution is 2.41. The summed E-state index contributed by atoms with van der Waals surface area (Å²) in [4.78, 5) is 4.42. The Bertz CT molecular complexity index is 616. The second-order valence-electron chi connectivity index (χ2n) is 6.84. The molecule has 0 saturated heterocycles. The number of fused-ring (bicyclic) bond motifs is 1. The van der Waals surface area contributed by atoms with Crippen LogP contribution in [0.2, 0.25) is 0 Å². The van der Waals surface area contributed by atoms with E-state index in [1.807, 2.05) is 24.4 Å². The predicted molar refractivity (Wildman–Crippen MR) is 87.1 cm³/mol. The maximum absolute atomic E-state index is 11.3. The second kappa shape index (κ2) is 5.76. The van der Waals surface area contributed by atoms with E-state index >= 15 is 0 Å². The maximum Gasteiger partial charge on any atom is 0.0903 e. The molecule has 1 N–H and O–H groups in total. The number of hydrogen-bond acceptors (Lipinski definition) is 2. The summed E-state index contributed by atoms with van der Waals surface area (Å²) in [6, 6.07) is 10.2. The second-order valence-corrected chi connectivity index (χ2v) is 6.84. The minimum absolute atomic E-state index is 0.688. The van der Waals surface area contributed by atoms with Gasteiger partial charge in [-0.2, -0.15) is 0 Å². The van der Waals surface area contributed by atoms with Crippen molar-refractivity contribution < 1.29 is 5.11 Å². The average molecular weight is 283 g/mol. The van der Waals surface area contributed by atoms with Crippen molar-refractivity contribution in [2.45, 2.75) is 51.6 Å². The quantitative estimate of drug-likeness (QED) is 0.813. The van der Waals surface area contributed by atoms with Gasteiger partial charge in [-0.05, 0) is 55.2 Å². The Morgan fingerprint density at radius 3 is 2.81 bits per heavy atom. The molecular formula is C19H25NO. The molecule has 1 heterocycles. The normalized spacial score (nSPS) is 27.0. The van der Waals surface area contributed by atoms with Crippen LogP contribution in [-0.4, -0.2) is 10.1 Å². The Hall–Kier alpha value is -1.41. The van der Waals surface area contributed by atoms with E-state index in [1.54, 1.807) is 0 Å². The molecule has 1 aromatic carbocycles. The highest BCUT2D eigenvalue weighted by atomic mass is 16.3. The van der Waals surface area contributed by atoms with Crippen molar-refractivity contribution in [3.63, 3.8) is 0 Å². The Morgan fingerprint density at radius 1 is 1.14 bits per heavy atom. The van der Waals surface area contributed by atoms with Gasteiger partial charge in [0, 0.05) is 11.6 Å². The Balaban J connectivity index is 1.97. The van der Waals surface area contributed by atoms with E-state index in [0.717, 1.165) is 48.1 Å². The molecule has 112 valence electrons. The molecule has 0 amide bonds. The molecule has 0 spiro atoms. The standard InChI is InChI=1S/C19H25NO/c1-14(2)15-6-4-11-19(21,12-10-15)17-8-3-9-18-16(17)7-5-13-20-18/h3,5,7-9,13-15,21H,4,6,10-12H2,1-2H3. The van der Waals surface area contributed by atoms with Gasteiger partial charge in [-0.25, -0.2) is 0 Å². The van der Waals surface area contributed by atoms with Crippen LogP contribution in [0, 0.1) is 11.8 Å². The molecule has 1 saturated carbocycles. The van der Waals surface area contributed by atoms with Crippen LogP contribution in [0.1, 0.15) is 51.5 Å². The lowest BCUT2D eigenvalue weighted by Gasteiger charge is -2.29. The van der Waals surface area contributed by atoms with E-state index in [1.165, 1.54) is 6.42 Å². The fourth-order valence-electron chi connectivity index (χ4n) is 3.80. The van der Waals surface area contributed by atoms with Gasteiger partial charge < -0.3 is 5.11 Å². The van der Waals surface area contributed by atoms with Crippen molar-refractivity contribution in [2.75, 3.05) is 0 Å². The van der Waals surface area contributed by atoms with Gasteiger partial charge in [0.2, 0.25) is 0 Å². The van der Waals surface area contributed by atoms with Crippen molar-refractivity contribution in [1.82, 2.24) is 4.98 Å². The summed E-state index contributed by atoms with van der Waals surface area (Å²) in [6.45, 7) is 4.60. The monoisotopic (exact) mass is 283 g/mol. The largest absolute Gasteiger partial charge is 0.385 e. The lowest BCUT2D eigenvalue weighted by atomic mass is 9.83. The number of nitrogens with zero attached hydrogens (tertiary/aromatic N) is 1. The van der Waals surface area contributed by atoms with Crippen molar-refractivity contribution in [3.05, 3.63) is 42.1 Å². The van der Waals surface area contributed by atoms with Crippen molar-refractivity contribution in [2.24, 2.45) is 11.8 Å². The number of hydrogen-bond donors (Lipinski definition) is 1. The van der Waals surface area contributed by atoms with Crippen LogP contribution < -0.4 is 0 Å². The molecule has 2 atom stereocenters. The Kier molecular flexibility index (Phi) is 3.99. The molecule has 2 heteroatoms. The zero-order chi connectivity index (χ0) is 14.9. The highest BCUT2D eigenvalue weighted by molar-refractivity contribution is 5.82. The number of benzene rings is 1. The summed E-state index contributed by atoms with van der Waals surface area (Å²) in [7, 11) is 0. The van der Waals surface area contributed by atoms with Crippen LogP contribution in [-0.2, 0) is 5.60 Å². The van der Waals surface area contributed by atoms with E-state index in [9.17, 15) is 5.11 Å². The van der Waals surface area contributed by atoms with Gasteiger partial charge in [0.1, 0.15) is 0 Å². The van der Waals surface area contributed by atoms with E-state index < -0.39 is 5.60 Å². The number of aromatic nitrogens is 1. The van der Waals surface area contributed by atoms with Gasteiger partial charge in [0.05, 0.1) is 11.1 Å². The maximum atomic E-state index is 11.3. The molecular weight excluding hydrogens is 258 g/mol. The number of pyridine rings is 1. The van der Waals surface area contributed by atoms with Crippen LogP contribution in [0.3, 0.4) is 0 Å². The Labute approximate surface area is 127 Å². The summed E-state index contributed by atoms with van der Waals surface area (Å²) in [5.41, 5.74) is 1.36. The third-order valence-electron chi connectivity index (χ3n) is 5.18. The van der Waals surface area contributed by atoms with Crippen LogP contribution in [0.15, 0.2) is 36.5 Å². The average Bonchev–Trinajstić information content (AvgIpc) is 2.69. The van der Waals surface area contributed by atoms with E-state index in [-0.39, 0.29) is 0 Å². The van der Waals surface area contributed by atoms with Crippen LogP contribution in [0.5, 0.6) is 0 Å². The van der Waals surface area contributed by atoms with Gasteiger partial charge in [0.25, 0.3) is 0 Å². The number of aliphatic hydroxyl groups is 1. The van der Waals surface area contributed by atoms with Crippen molar-refractivity contribution in [3.8, 4) is 0 Å².